The van der Waals surface area contributed by atoms with Gasteiger partial charge in [0.25, 0.3) is 11.9 Å². The van der Waals surface area contributed by atoms with E-state index < -0.39 is 0 Å². The van der Waals surface area contributed by atoms with E-state index in [9.17, 15) is 4.79 Å². The highest BCUT2D eigenvalue weighted by Gasteiger charge is 2.21. The molecule has 0 atom stereocenters. The first-order valence-electron chi connectivity index (χ1n) is 9.19. The van der Waals surface area contributed by atoms with E-state index in [2.05, 4.69) is 9.97 Å². The Morgan fingerprint density at radius 3 is 2.93 bits per heavy atom. The van der Waals surface area contributed by atoms with Crippen molar-refractivity contribution in [1.29, 1.82) is 0 Å². The van der Waals surface area contributed by atoms with Gasteiger partial charge >= 0.3 is 0 Å². The molecule has 1 aromatic carbocycles. The molecular weight excluding hydrogens is 358 g/mol. The lowest BCUT2D eigenvalue weighted by atomic mass is 10.1. The van der Waals surface area contributed by atoms with E-state index in [1.54, 1.807) is 6.20 Å². The summed E-state index contributed by atoms with van der Waals surface area (Å²) < 4.78 is 12.6. The number of fused-ring (bicyclic) bond motifs is 2. The number of carbonyl (C=O) groups excluding carboxylic acids is 1. The number of hydrogen-bond acceptors (Lipinski definition) is 6. The quantitative estimate of drug-likeness (QED) is 0.576. The molecule has 0 spiro atoms. The second-order valence-corrected chi connectivity index (χ2v) is 6.78. The van der Waals surface area contributed by atoms with Gasteiger partial charge in [0.15, 0.2) is 5.58 Å². The topological polar surface area (TPSA) is 98.9 Å². The van der Waals surface area contributed by atoms with Crippen LogP contribution in [0.5, 0.6) is 0 Å². The maximum Gasteiger partial charge on any atom is 0.292 e. The molecule has 4 aromatic rings. The minimum absolute atomic E-state index is 0.0325. The third-order valence-corrected chi connectivity index (χ3v) is 4.97. The van der Waals surface area contributed by atoms with Crippen LogP contribution in [0.4, 0.5) is 6.01 Å². The van der Waals surface area contributed by atoms with Crippen LogP contribution in [0.3, 0.4) is 0 Å². The second kappa shape index (κ2) is 6.65. The summed E-state index contributed by atoms with van der Waals surface area (Å²) in [4.78, 5) is 23.4. The summed E-state index contributed by atoms with van der Waals surface area (Å²) in [6, 6.07) is 9.72. The third kappa shape index (κ3) is 2.87. The monoisotopic (exact) mass is 377 g/mol. The first kappa shape index (κ1) is 16.8. The molecule has 8 nitrogen and oxygen atoms in total. The predicted octanol–water partition coefficient (Wildman–Crippen LogP) is 2.59. The van der Waals surface area contributed by atoms with E-state index in [0.29, 0.717) is 43.1 Å². The molecule has 0 unspecified atom stereocenters. The molecule has 1 saturated heterocycles. The number of ether oxygens (including phenoxy) is 1. The standard InChI is InChI=1S/C20H19N5O3/c21-20-23-15-10-13(2-4-17(15)28-20)14-3-5-18-22-11-16(25(18)12-14)19(26)24-6-1-8-27-9-7-24/h2-5,10-12H,1,6-9H2,(H2,21,23). The van der Waals surface area contributed by atoms with Gasteiger partial charge in [-0.15, -0.1) is 0 Å². The van der Waals surface area contributed by atoms with Crippen molar-refractivity contribution in [1.82, 2.24) is 19.3 Å². The van der Waals surface area contributed by atoms with Crippen LogP contribution in [0.1, 0.15) is 16.9 Å². The Balaban J connectivity index is 1.54. The van der Waals surface area contributed by atoms with Gasteiger partial charge in [0.2, 0.25) is 0 Å². The number of pyridine rings is 1. The molecule has 4 heterocycles. The van der Waals surface area contributed by atoms with E-state index >= 15 is 0 Å². The van der Waals surface area contributed by atoms with Crippen LogP contribution in [-0.2, 0) is 4.74 Å². The average Bonchev–Trinajstić information content (AvgIpc) is 3.18. The fourth-order valence-electron chi connectivity index (χ4n) is 3.55. The number of rotatable bonds is 2. The van der Waals surface area contributed by atoms with Gasteiger partial charge in [0.1, 0.15) is 16.9 Å². The van der Waals surface area contributed by atoms with E-state index in [4.69, 9.17) is 14.9 Å². The van der Waals surface area contributed by atoms with Crippen molar-refractivity contribution < 1.29 is 13.9 Å². The molecule has 0 saturated carbocycles. The van der Waals surface area contributed by atoms with Crippen molar-refractivity contribution >= 4 is 28.7 Å². The number of nitrogens with zero attached hydrogens (tertiary/aromatic N) is 4. The molecule has 1 aliphatic heterocycles. The Morgan fingerprint density at radius 2 is 2.00 bits per heavy atom. The van der Waals surface area contributed by atoms with Crippen molar-refractivity contribution in [3.05, 3.63) is 48.4 Å². The van der Waals surface area contributed by atoms with Gasteiger partial charge in [-0.2, -0.15) is 4.98 Å². The van der Waals surface area contributed by atoms with Crippen LogP contribution in [0, 0.1) is 0 Å². The molecule has 3 aromatic heterocycles. The molecule has 1 fully saturated rings. The Morgan fingerprint density at radius 1 is 1.11 bits per heavy atom. The summed E-state index contributed by atoms with van der Waals surface area (Å²) in [5.74, 6) is -0.0325. The van der Waals surface area contributed by atoms with Crippen LogP contribution in [0.15, 0.2) is 47.1 Å². The molecule has 28 heavy (non-hydrogen) atoms. The number of benzene rings is 1. The Labute approximate surface area is 160 Å². The first-order valence-corrected chi connectivity index (χ1v) is 9.19. The lowest BCUT2D eigenvalue weighted by Gasteiger charge is -2.19. The number of amides is 1. The number of nitrogens with two attached hydrogens (primary N) is 1. The Bertz CT molecular complexity index is 1170. The highest BCUT2D eigenvalue weighted by atomic mass is 16.5. The summed E-state index contributed by atoms with van der Waals surface area (Å²) in [7, 11) is 0. The molecule has 5 rings (SSSR count). The van der Waals surface area contributed by atoms with Crippen molar-refractivity contribution in [3.8, 4) is 11.1 Å². The van der Waals surface area contributed by atoms with Crippen LogP contribution in [0.25, 0.3) is 27.9 Å². The molecule has 8 heteroatoms. The molecule has 142 valence electrons. The van der Waals surface area contributed by atoms with Gasteiger partial charge < -0.3 is 19.8 Å². The number of imidazole rings is 1. The van der Waals surface area contributed by atoms with Crippen molar-refractivity contribution in [3.63, 3.8) is 0 Å². The van der Waals surface area contributed by atoms with Gasteiger partial charge in [0.05, 0.1) is 12.8 Å². The molecule has 2 N–H and O–H groups in total. The van der Waals surface area contributed by atoms with E-state index in [0.717, 1.165) is 23.2 Å². The fraction of sp³-hybridized carbons (Fsp3) is 0.250. The van der Waals surface area contributed by atoms with Gasteiger partial charge in [-0.1, -0.05) is 6.07 Å². The SMILES string of the molecule is Nc1nc2cc(-c3ccc4ncc(C(=O)N5CCCOCC5)n4c3)ccc2o1. The number of oxazole rings is 1. The summed E-state index contributed by atoms with van der Waals surface area (Å²) >= 11 is 0. The fourth-order valence-corrected chi connectivity index (χ4v) is 3.55. The van der Waals surface area contributed by atoms with Crippen LogP contribution in [-0.4, -0.2) is 51.5 Å². The predicted molar refractivity (Wildman–Crippen MR) is 104 cm³/mol. The number of carbonyl (C=O) groups is 1. The highest BCUT2D eigenvalue weighted by Crippen LogP contribution is 2.26. The lowest BCUT2D eigenvalue weighted by Crippen LogP contribution is -2.33. The minimum Gasteiger partial charge on any atom is -0.424 e. The summed E-state index contributed by atoms with van der Waals surface area (Å²) in [6.07, 6.45) is 4.40. The smallest absolute Gasteiger partial charge is 0.292 e. The molecule has 1 aliphatic rings. The van der Waals surface area contributed by atoms with Crippen LogP contribution in [0.2, 0.25) is 0 Å². The third-order valence-electron chi connectivity index (χ3n) is 4.97. The van der Waals surface area contributed by atoms with Crippen molar-refractivity contribution in [2.24, 2.45) is 0 Å². The molecule has 0 bridgehead atoms. The summed E-state index contributed by atoms with van der Waals surface area (Å²) in [5, 5.41) is 0. The normalized spacial score (nSPS) is 15.2. The Kier molecular flexibility index (Phi) is 3.98. The molecule has 1 amide bonds. The second-order valence-electron chi connectivity index (χ2n) is 6.78. The van der Waals surface area contributed by atoms with Gasteiger partial charge in [-0.3, -0.25) is 9.20 Å². The maximum absolute atomic E-state index is 13.0. The number of hydrogen-bond donors (Lipinski definition) is 1. The molecular formula is C20H19N5O3. The highest BCUT2D eigenvalue weighted by molar-refractivity contribution is 5.93. The zero-order valence-corrected chi connectivity index (χ0v) is 15.2. The van der Waals surface area contributed by atoms with Crippen LogP contribution >= 0.6 is 0 Å². The van der Waals surface area contributed by atoms with Crippen LogP contribution < -0.4 is 5.73 Å². The lowest BCUT2D eigenvalue weighted by molar-refractivity contribution is 0.0734. The number of anilines is 1. The average molecular weight is 377 g/mol. The number of aromatic nitrogens is 3. The summed E-state index contributed by atoms with van der Waals surface area (Å²) in [6.45, 7) is 2.54. The minimum atomic E-state index is -0.0325. The zero-order valence-electron chi connectivity index (χ0n) is 15.2. The zero-order chi connectivity index (χ0) is 19.1. The molecule has 0 radical (unpaired) electrons. The van der Waals surface area contributed by atoms with E-state index in [-0.39, 0.29) is 11.9 Å². The maximum atomic E-state index is 13.0. The molecule has 0 aliphatic carbocycles. The van der Waals surface area contributed by atoms with E-state index in [1.807, 2.05) is 45.8 Å². The van der Waals surface area contributed by atoms with Crippen molar-refractivity contribution in [2.45, 2.75) is 6.42 Å². The van der Waals surface area contributed by atoms with Crippen molar-refractivity contribution in [2.75, 3.05) is 32.0 Å². The van der Waals surface area contributed by atoms with Gasteiger partial charge in [-0.25, -0.2) is 4.98 Å². The van der Waals surface area contributed by atoms with E-state index in [1.165, 1.54) is 0 Å². The van der Waals surface area contributed by atoms with Gasteiger partial charge in [-0.05, 0) is 41.8 Å². The number of nitrogen functional groups attached to an aromatic ring is 1. The first-order chi connectivity index (χ1) is 13.7. The largest absolute Gasteiger partial charge is 0.424 e. The summed E-state index contributed by atoms with van der Waals surface area (Å²) in [5.41, 5.74) is 10.1. The van der Waals surface area contributed by atoms with Gasteiger partial charge in [0, 0.05) is 25.9 Å². The Hall–Kier alpha value is -3.39.